The molecular weight excluding hydrogens is 218 g/mol. The van der Waals surface area contributed by atoms with Gasteiger partial charge in [0.1, 0.15) is 6.61 Å². The minimum Gasteiger partial charge on any atom is -0.370 e. The maximum absolute atomic E-state index is 11.3. The molecule has 0 aliphatic heterocycles. The van der Waals surface area contributed by atoms with Crippen LogP contribution in [-0.2, 0) is 9.53 Å². The molecule has 0 aliphatic rings. The molecule has 0 saturated carbocycles. The van der Waals surface area contributed by atoms with Crippen LogP contribution in [0.15, 0.2) is 0 Å². The van der Waals surface area contributed by atoms with Crippen molar-refractivity contribution in [2.45, 2.75) is 26.8 Å². The van der Waals surface area contributed by atoms with Crippen molar-refractivity contribution in [3.63, 3.8) is 0 Å². The van der Waals surface area contributed by atoms with Crippen LogP contribution in [0, 0.1) is 0 Å². The summed E-state index contributed by atoms with van der Waals surface area (Å²) in [7, 11) is 2.03. The summed E-state index contributed by atoms with van der Waals surface area (Å²) >= 11 is 0. The van der Waals surface area contributed by atoms with Gasteiger partial charge in [-0.1, -0.05) is 20.8 Å². The topological polar surface area (TPSA) is 53.6 Å². The second kappa shape index (κ2) is 10.5. The largest absolute Gasteiger partial charge is 0.370 e. The van der Waals surface area contributed by atoms with E-state index in [-0.39, 0.29) is 15.4 Å². The van der Waals surface area contributed by atoms with Crippen molar-refractivity contribution < 1.29 is 12.4 Å². The van der Waals surface area contributed by atoms with Crippen molar-refractivity contribution >= 4 is 5.91 Å². The van der Waals surface area contributed by atoms with Crippen molar-refractivity contribution in [2.75, 3.05) is 46.4 Å². The summed E-state index contributed by atoms with van der Waals surface area (Å²) in [6, 6.07) is 0.456. The maximum Gasteiger partial charge on any atom is 0.246 e. The van der Waals surface area contributed by atoms with Gasteiger partial charge in [0.05, 0.1) is 6.61 Å². The van der Waals surface area contributed by atoms with Gasteiger partial charge in [-0.2, -0.15) is 0 Å². The summed E-state index contributed by atoms with van der Waals surface area (Å²) < 4.78 is 5.24. The number of nitrogens with one attached hydrogen (secondary N) is 2. The maximum atomic E-state index is 11.3. The normalized spacial score (nSPS) is 11.2. The Morgan fingerprint density at radius 1 is 1.41 bits per heavy atom. The number of hydrogen-bond donors (Lipinski definition) is 2. The van der Waals surface area contributed by atoms with Gasteiger partial charge in [-0.05, 0) is 13.6 Å². The third kappa shape index (κ3) is 11.6. The lowest BCUT2D eigenvalue weighted by molar-refractivity contribution is -0.125. The molecule has 5 heteroatoms. The summed E-state index contributed by atoms with van der Waals surface area (Å²) in [6.07, 6.45) is 0. The molecule has 0 aromatic carbocycles. The summed E-state index contributed by atoms with van der Waals surface area (Å²) in [6.45, 7) is 10.3. The molecule has 0 saturated heterocycles. The molecule has 0 aromatic heterocycles. The first-order chi connectivity index (χ1) is 8.06. The van der Waals surface area contributed by atoms with Crippen molar-refractivity contribution in [1.29, 1.82) is 0 Å². The molecule has 0 aromatic rings. The number of rotatable bonds is 10. The number of carbonyl (C=O) groups excluding carboxylic acids is 1. The molecule has 0 spiro atoms. The quantitative estimate of drug-likeness (QED) is 0.556. The van der Waals surface area contributed by atoms with Gasteiger partial charge < -0.3 is 20.3 Å². The van der Waals surface area contributed by atoms with Gasteiger partial charge in [-0.3, -0.25) is 4.79 Å². The Balaban J connectivity index is -0.00000128. The first-order valence-electron chi connectivity index (χ1n) is 6.32. The zero-order chi connectivity index (χ0) is 13.1. The standard InChI is InChI=1S/C12H27N3O2.2H2/c1-5-15(4)8-6-14-12(16)10-17-9-7-13-11(2)3;;/h11,13H,5-10H2,1-4H3,(H,14,16);2*1H. The van der Waals surface area contributed by atoms with E-state index in [1.807, 2.05) is 7.05 Å². The summed E-state index contributed by atoms with van der Waals surface area (Å²) in [5, 5.41) is 6.04. The highest BCUT2D eigenvalue weighted by molar-refractivity contribution is 5.77. The van der Waals surface area contributed by atoms with Crippen molar-refractivity contribution in [2.24, 2.45) is 0 Å². The van der Waals surface area contributed by atoms with Gasteiger partial charge in [-0.25, -0.2) is 0 Å². The van der Waals surface area contributed by atoms with Gasteiger partial charge in [0.25, 0.3) is 0 Å². The Morgan fingerprint density at radius 2 is 2.12 bits per heavy atom. The van der Waals surface area contributed by atoms with Gasteiger partial charge in [0.15, 0.2) is 0 Å². The number of hydrogen-bond acceptors (Lipinski definition) is 4. The van der Waals surface area contributed by atoms with Crippen LogP contribution < -0.4 is 10.6 Å². The van der Waals surface area contributed by atoms with E-state index in [9.17, 15) is 4.79 Å². The van der Waals surface area contributed by atoms with Gasteiger partial charge in [0, 0.05) is 28.5 Å². The lowest BCUT2D eigenvalue weighted by Crippen LogP contribution is -2.35. The SMILES string of the molecule is CCN(C)CCNC(=O)COCCNC(C)C.[HH].[HH]. The predicted octanol–water partition coefficient (Wildman–Crippen LogP) is 0.561. The predicted molar refractivity (Wildman–Crippen MR) is 74.4 cm³/mol. The van der Waals surface area contributed by atoms with Gasteiger partial charge in [0.2, 0.25) is 5.91 Å². The Hall–Kier alpha value is -0.650. The van der Waals surface area contributed by atoms with E-state index in [0.717, 1.165) is 19.6 Å². The van der Waals surface area contributed by atoms with Gasteiger partial charge in [-0.15, -0.1) is 0 Å². The first-order valence-corrected chi connectivity index (χ1v) is 6.32. The fourth-order valence-electron chi connectivity index (χ4n) is 1.18. The second-order valence-electron chi connectivity index (χ2n) is 4.41. The smallest absolute Gasteiger partial charge is 0.246 e. The van der Waals surface area contributed by atoms with Crippen LogP contribution in [0.1, 0.15) is 23.6 Å². The number of ether oxygens (including phenoxy) is 1. The Kier molecular flexibility index (Phi) is 10.1. The van der Waals surface area contributed by atoms with Crippen LogP contribution >= 0.6 is 0 Å². The number of likely N-dealkylation sites (N-methyl/N-ethyl adjacent to an activating group) is 1. The zero-order valence-corrected chi connectivity index (χ0v) is 11.6. The number of nitrogens with zero attached hydrogens (tertiary/aromatic N) is 1. The molecule has 0 atom stereocenters. The lowest BCUT2D eigenvalue weighted by atomic mass is 10.4. The second-order valence-corrected chi connectivity index (χ2v) is 4.41. The molecule has 0 aliphatic carbocycles. The molecule has 0 fully saturated rings. The minimum atomic E-state index is -0.0425. The molecule has 106 valence electrons. The van der Waals surface area contributed by atoms with Crippen LogP contribution in [0.3, 0.4) is 0 Å². The fraction of sp³-hybridized carbons (Fsp3) is 0.917. The molecule has 0 rings (SSSR count). The molecule has 2 N–H and O–H groups in total. The third-order valence-corrected chi connectivity index (χ3v) is 2.39. The molecular formula is C12H31N3O2. The van der Waals surface area contributed by atoms with E-state index >= 15 is 0 Å². The van der Waals surface area contributed by atoms with Crippen LogP contribution in [0.25, 0.3) is 0 Å². The zero-order valence-electron chi connectivity index (χ0n) is 11.6. The molecule has 0 bridgehead atoms. The van der Waals surface area contributed by atoms with Crippen LogP contribution in [0.5, 0.6) is 0 Å². The molecule has 17 heavy (non-hydrogen) atoms. The van der Waals surface area contributed by atoms with E-state index in [4.69, 9.17) is 4.74 Å². The minimum absolute atomic E-state index is 0. The van der Waals surface area contributed by atoms with E-state index in [2.05, 4.69) is 36.3 Å². The Bertz CT molecular complexity index is 207. The monoisotopic (exact) mass is 249 g/mol. The molecule has 0 radical (unpaired) electrons. The first kappa shape index (κ1) is 16.4. The molecule has 0 heterocycles. The summed E-state index contributed by atoms with van der Waals surface area (Å²) in [5.74, 6) is -0.0425. The van der Waals surface area contributed by atoms with Crippen molar-refractivity contribution in [3.8, 4) is 0 Å². The molecule has 1 amide bonds. The van der Waals surface area contributed by atoms with E-state index in [1.165, 1.54) is 0 Å². The molecule has 0 unspecified atom stereocenters. The van der Waals surface area contributed by atoms with E-state index in [0.29, 0.717) is 19.2 Å². The Morgan fingerprint density at radius 3 is 2.71 bits per heavy atom. The highest BCUT2D eigenvalue weighted by atomic mass is 16.5. The lowest BCUT2D eigenvalue weighted by Gasteiger charge is -2.14. The highest BCUT2D eigenvalue weighted by Gasteiger charge is 2.01. The third-order valence-electron chi connectivity index (χ3n) is 2.39. The number of amides is 1. The van der Waals surface area contributed by atoms with Crippen molar-refractivity contribution in [1.82, 2.24) is 15.5 Å². The van der Waals surface area contributed by atoms with Crippen LogP contribution in [-0.4, -0.2) is 63.3 Å². The number of carbonyl (C=O) groups is 1. The average molecular weight is 249 g/mol. The van der Waals surface area contributed by atoms with Crippen LogP contribution in [0.2, 0.25) is 0 Å². The fourth-order valence-corrected chi connectivity index (χ4v) is 1.18. The van der Waals surface area contributed by atoms with E-state index in [1.54, 1.807) is 0 Å². The summed E-state index contributed by atoms with van der Waals surface area (Å²) in [5.41, 5.74) is 0. The van der Waals surface area contributed by atoms with Crippen molar-refractivity contribution in [3.05, 3.63) is 0 Å². The van der Waals surface area contributed by atoms with Crippen LogP contribution in [0.4, 0.5) is 0 Å². The average Bonchev–Trinajstić information content (AvgIpc) is 2.27. The van der Waals surface area contributed by atoms with E-state index < -0.39 is 0 Å². The molecule has 5 nitrogen and oxygen atoms in total. The summed E-state index contributed by atoms with van der Waals surface area (Å²) in [4.78, 5) is 13.5. The van der Waals surface area contributed by atoms with Gasteiger partial charge >= 0.3 is 0 Å². The Labute approximate surface area is 108 Å². The highest BCUT2D eigenvalue weighted by Crippen LogP contribution is 1.80.